The lowest BCUT2D eigenvalue weighted by molar-refractivity contribution is 0.00578. The zero-order chi connectivity index (χ0) is 18.1. The van der Waals surface area contributed by atoms with Gasteiger partial charge in [-0.25, -0.2) is 9.97 Å². The summed E-state index contributed by atoms with van der Waals surface area (Å²) in [5.41, 5.74) is 0.0190. The second-order valence-corrected chi connectivity index (χ2v) is 7.75. The van der Waals surface area contributed by atoms with Crippen LogP contribution in [0, 0.1) is 0 Å². The van der Waals surface area contributed by atoms with E-state index in [-0.39, 0.29) is 17.8 Å². The van der Waals surface area contributed by atoms with E-state index in [9.17, 15) is 0 Å². The molecule has 0 spiro atoms. The Morgan fingerprint density at radius 2 is 1.88 bits per heavy atom. The third-order valence-electron chi connectivity index (χ3n) is 5.46. The third kappa shape index (κ3) is 3.97. The van der Waals surface area contributed by atoms with Gasteiger partial charge in [0.25, 0.3) is 0 Å². The summed E-state index contributed by atoms with van der Waals surface area (Å²) in [5.74, 6) is 0. The summed E-state index contributed by atoms with van der Waals surface area (Å²) < 4.78 is 17.7. The average Bonchev–Trinajstić information content (AvgIpc) is 3.08. The number of aromatic nitrogens is 2. The lowest BCUT2D eigenvalue weighted by atomic mass is 9.81. The van der Waals surface area contributed by atoms with Crippen LogP contribution in [0.15, 0.2) is 12.4 Å². The van der Waals surface area contributed by atoms with Crippen molar-refractivity contribution in [3.8, 4) is 6.01 Å². The van der Waals surface area contributed by atoms with Crippen LogP contribution in [0.4, 0.5) is 0 Å². The molecule has 3 heterocycles. The van der Waals surface area contributed by atoms with E-state index < -0.39 is 7.12 Å². The van der Waals surface area contributed by atoms with E-state index in [2.05, 4.69) is 14.9 Å². The van der Waals surface area contributed by atoms with Gasteiger partial charge in [-0.3, -0.25) is 4.90 Å². The Morgan fingerprint density at radius 1 is 1.24 bits per heavy atom. The molecule has 0 radical (unpaired) electrons. The van der Waals surface area contributed by atoms with Gasteiger partial charge in [0.05, 0.1) is 17.8 Å². The molecule has 1 aromatic rings. The molecule has 7 nitrogen and oxygen atoms in total. The van der Waals surface area contributed by atoms with E-state index in [1.165, 1.54) is 0 Å². The van der Waals surface area contributed by atoms with E-state index in [4.69, 9.17) is 19.2 Å². The molecule has 8 heteroatoms. The fourth-order valence-corrected chi connectivity index (χ4v) is 3.18. The van der Waals surface area contributed by atoms with Crippen molar-refractivity contribution in [3.05, 3.63) is 12.4 Å². The molecule has 25 heavy (non-hydrogen) atoms. The molecule has 1 aromatic heterocycles. The average molecular weight is 349 g/mol. The highest BCUT2D eigenvalue weighted by Gasteiger charge is 2.51. The predicted molar refractivity (Wildman–Crippen MR) is 94.9 cm³/mol. The lowest BCUT2D eigenvalue weighted by Crippen LogP contribution is -2.41. The Labute approximate surface area is 149 Å². The molecule has 0 bridgehead atoms. The first-order valence-corrected chi connectivity index (χ1v) is 8.98. The second-order valence-electron chi connectivity index (χ2n) is 7.75. The van der Waals surface area contributed by atoms with Gasteiger partial charge in [0.2, 0.25) is 0 Å². The molecule has 2 aliphatic heterocycles. The van der Waals surface area contributed by atoms with Crippen LogP contribution in [0.2, 0.25) is 0 Å². The number of aliphatic hydroxyl groups excluding tert-OH is 1. The number of ether oxygens (including phenoxy) is 1. The normalized spacial score (nSPS) is 25.5. The third-order valence-corrected chi connectivity index (χ3v) is 5.46. The van der Waals surface area contributed by atoms with Crippen LogP contribution in [-0.4, -0.2) is 70.6 Å². The molecule has 2 saturated heterocycles. The van der Waals surface area contributed by atoms with E-state index in [0.29, 0.717) is 25.2 Å². The number of aliphatic hydroxyl groups is 1. The fraction of sp³-hybridized carbons (Fsp3) is 0.765. The smallest absolute Gasteiger partial charge is 0.462 e. The number of rotatable bonds is 6. The van der Waals surface area contributed by atoms with Crippen LogP contribution in [0.5, 0.6) is 6.01 Å². The molecule has 138 valence electrons. The van der Waals surface area contributed by atoms with Gasteiger partial charge in [-0.05, 0) is 47.1 Å². The Kier molecular flexibility index (Phi) is 5.34. The molecule has 0 aliphatic carbocycles. The van der Waals surface area contributed by atoms with E-state index in [0.717, 1.165) is 24.8 Å². The Hall–Kier alpha value is -1.22. The molecule has 1 atom stereocenters. The first-order valence-electron chi connectivity index (χ1n) is 8.98. The summed E-state index contributed by atoms with van der Waals surface area (Å²) in [7, 11) is -0.464. The maximum atomic E-state index is 9.11. The van der Waals surface area contributed by atoms with Crippen molar-refractivity contribution < 1.29 is 19.2 Å². The van der Waals surface area contributed by atoms with Crippen molar-refractivity contribution in [2.75, 3.05) is 26.3 Å². The first kappa shape index (κ1) is 18.6. The molecule has 2 aliphatic rings. The molecule has 3 rings (SSSR count). The van der Waals surface area contributed by atoms with Crippen LogP contribution in [0.1, 0.15) is 40.5 Å². The van der Waals surface area contributed by atoms with E-state index in [1.807, 2.05) is 27.7 Å². The van der Waals surface area contributed by atoms with Crippen LogP contribution < -0.4 is 10.2 Å². The Bertz CT molecular complexity index is 566. The van der Waals surface area contributed by atoms with Crippen LogP contribution in [0.3, 0.4) is 0 Å². The predicted octanol–water partition coefficient (Wildman–Crippen LogP) is 0.611. The number of likely N-dealkylation sites (tertiary alicyclic amines) is 1. The van der Waals surface area contributed by atoms with Crippen LogP contribution in [-0.2, 0) is 9.31 Å². The number of β-amino-alcohol motifs (C(OH)–C–C–N with tert-alkyl or cyclic N) is 1. The topological polar surface area (TPSA) is 76.9 Å². The standard InChI is InChI=1S/C17H28BN3O4/c1-16(2)17(3,4)25-18(24-16)13-10-19-15(20-11-13)23-12-14-6-5-7-21(14)8-9-22/h10-11,14,22H,5-9,12H2,1-4H3/t14-/m1/s1. The minimum atomic E-state index is -0.464. The molecule has 0 saturated carbocycles. The highest BCUT2D eigenvalue weighted by Crippen LogP contribution is 2.36. The highest BCUT2D eigenvalue weighted by atomic mass is 16.7. The van der Waals surface area contributed by atoms with Crippen LogP contribution in [0.25, 0.3) is 0 Å². The van der Waals surface area contributed by atoms with E-state index in [1.54, 1.807) is 12.4 Å². The molecule has 1 N–H and O–H groups in total. The molecular formula is C17H28BN3O4. The Balaban J connectivity index is 1.56. The van der Waals surface area contributed by atoms with Gasteiger partial charge in [-0.2, -0.15) is 0 Å². The molecule has 0 unspecified atom stereocenters. The monoisotopic (exact) mass is 349 g/mol. The van der Waals surface area contributed by atoms with Gasteiger partial charge in [0, 0.05) is 30.4 Å². The zero-order valence-electron chi connectivity index (χ0n) is 15.6. The summed E-state index contributed by atoms with van der Waals surface area (Å²) in [6.07, 6.45) is 5.61. The van der Waals surface area contributed by atoms with Gasteiger partial charge >= 0.3 is 13.1 Å². The fourth-order valence-electron chi connectivity index (χ4n) is 3.18. The Morgan fingerprint density at radius 3 is 2.48 bits per heavy atom. The molecule has 0 aromatic carbocycles. The van der Waals surface area contributed by atoms with Crippen molar-refractivity contribution in [1.29, 1.82) is 0 Å². The van der Waals surface area contributed by atoms with Crippen molar-refractivity contribution in [2.45, 2.75) is 57.8 Å². The van der Waals surface area contributed by atoms with Gasteiger partial charge in [0.1, 0.15) is 6.61 Å². The highest BCUT2D eigenvalue weighted by molar-refractivity contribution is 6.61. The summed E-state index contributed by atoms with van der Waals surface area (Å²) in [6, 6.07) is 0.676. The maximum Gasteiger partial charge on any atom is 0.498 e. The van der Waals surface area contributed by atoms with Crippen molar-refractivity contribution in [2.24, 2.45) is 0 Å². The quantitative estimate of drug-likeness (QED) is 0.754. The number of hydrogen-bond acceptors (Lipinski definition) is 7. The largest absolute Gasteiger partial charge is 0.498 e. The van der Waals surface area contributed by atoms with Gasteiger partial charge < -0.3 is 19.2 Å². The van der Waals surface area contributed by atoms with Crippen molar-refractivity contribution in [3.63, 3.8) is 0 Å². The van der Waals surface area contributed by atoms with E-state index >= 15 is 0 Å². The van der Waals surface area contributed by atoms with Crippen molar-refractivity contribution in [1.82, 2.24) is 14.9 Å². The lowest BCUT2D eigenvalue weighted by Gasteiger charge is -2.32. The summed E-state index contributed by atoms with van der Waals surface area (Å²) >= 11 is 0. The van der Waals surface area contributed by atoms with Crippen molar-refractivity contribution >= 4 is 12.6 Å². The minimum Gasteiger partial charge on any atom is -0.462 e. The summed E-state index contributed by atoms with van der Waals surface area (Å²) in [4.78, 5) is 10.8. The first-order chi connectivity index (χ1) is 11.8. The van der Waals surface area contributed by atoms with Gasteiger partial charge in [0.15, 0.2) is 0 Å². The van der Waals surface area contributed by atoms with Gasteiger partial charge in [-0.1, -0.05) is 0 Å². The maximum absolute atomic E-state index is 9.11. The summed E-state index contributed by atoms with van der Waals surface area (Å²) in [6.45, 7) is 10.5. The molecular weight excluding hydrogens is 321 g/mol. The number of nitrogens with zero attached hydrogens (tertiary/aromatic N) is 3. The molecule has 2 fully saturated rings. The second kappa shape index (κ2) is 7.19. The summed E-state index contributed by atoms with van der Waals surface area (Å²) in [5, 5.41) is 9.11. The van der Waals surface area contributed by atoms with Crippen LogP contribution >= 0.6 is 0 Å². The zero-order valence-corrected chi connectivity index (χ0v) is 15.6. The SMILES string of the molecule is CC1(C)OB(c2cnc(OC[C@H]3CCCN3CCO)nc2)OC1(C)C. The molecule has 0 amide bonds. The number of hydrogen-bond donors (Lipinski definition) is 1. The van der Waals surface area contributed by atoms with Gasteiger partial charge in [-0.15, -0.1) is 0 Å². The minimum absolute atomic E-state index is 0.176.